The van der Waals surface area contributed by atoms with Gasteiger partial charge < -0.3 is 5.11 Å². The second-order valence-corrected chi connectivity index (χ2v) is 7.22. The average Bonchev–Trinajstić information content (AvgIpc) is 2.41. The summed E-state index contributed by atoms with van der Waals surface area (Å²) >= 11 is 5.14. The van der Waals surface area contributed by atoms with Crippen molar-refractivity contribution in [2.24, 2.45) is 5.92 Å². The van der Waals surface area contributed by atoms with Crippen LogP contribution >= 0.6 is 27.7 Å². The van der Waals surface area contributed by atoms with Crippen molar-refractivity contribution in [3.05, 3.63) is 28.2 Å². The number of carboxylic acids is 1. The molecule has 19 heavy (non-hydrogen) atoms. The van der Waals surface area contributed by atoms with E-state index in [1.54, 1.807) is 6.07 Å². The maximum absolute atomic E-state index is 11.1. The van der Waals surface area contributed by atoms with Crippen LogP contribution in [-0.2, 0) is 0 Å². The van der Waals surface area contributed by atoms with Crippen molar-refractivity contribution in [1.82, 2.24) is 0 Å². The molecule has 1 aliphatic rings. The number of hydrogen-bond acceptors (Lipinski definition) is 2. The van der Waals surface area contributed by atoms with E-state index in [1.165, 1.54) is 32.1 Å². The van der Waals surface area contributed by atoms with Crippen LogP contribution in [0.2, 0.25) is 0 Å². The Labute approximate surface area is 127 Å². The van der Waals surface area contributed by atoms with E-state index in [2.05, 4.69) is 22.9 Å². The highest BCUT2D eigenvalue weighted by molar-refractivity contribution is 9.10. The standard InChI is InChI=1S/C15H19BrO2S/c1-2-10-5-3-4-6-14(10)19-11-7-8-13(16)12(9-11)15(17)18/h7-10,14H,2-6H2,1H3,(H,17,18). The summed E-state index contributed by atoms with van der Waals surface area (Å²) < 4.78 is 0.653. The fraction of sp³-hybridized carbons (Fsp3) is 0.533. The van der Waals surface area contributed by atoms with E-state index in [9.17, 15) is 4.79 Å². The summed E-state index contributed by atoms with van der Waals surface area (Å²) in [7, 11) is 0. The summed E-state index contributed by atoms with van der Waals surface area (Å²) in [6, 6.07) is 5.65. The summed E-state index contributed by atoms with van der Waals surface area (Å²) in [6.45, 7) is 2.26. The zero-order valence-electron chi connectivity index (χ0n) is 11.1. The molecule has 104 valence electrons. The molecule has 0 amide bonds. The third-order valence-corrected chi connectivity index (χ3v) is 5.96. The first kappa shape index (κ1) is 14.9. The van der Waals surface area contributed by atoms with Gasteiger partial charge in [0, 0.05) is 14.6 Å². The summed E-state index contributed by atoms with van der Waals surface area (Å²) in [5, 5.41) is 9.80. The Morgan fingerprint density at radius 2 is 2.16 bits per heavy atom. The van der Waals surface area contributed by atoms with Crippen LogP contribution in [0.1, 0.15) is 49.4 Å². The number of halogens is 1. The van der Waals surface area contributed by atoms with Gasteiger partial charge in [0.05, 0.1) is 5.56 Å². The van der Waals surface area contributed by atoms with Gasteiger partial charge in [0.25, 0.3) is 0 Å². The zero-order valence-corrected chi connectivity index (χ0v) is 13.5. The molecule has 0 spiro atoms. The van der Waals surface area contributed by atoms with E-state index in [-0.39, 0.29) is 0 Å². The fourth-order valence-corrected chi connectivity index (χ4v) is 4.62. The molecule has 0 aromatic heterocycles. The highest BCUT2D eigenvalue weighted by Gasteiger charge is 2.24. The van der Waals surface area contributed by atoms with Crippen molar-refractivity contribution >= 4 is 33.7 Å². The lowest BCUT2D eigenvalue weighted by Gasteiger charge is -2.30. The SMILES string of the molecule is CCC1CCCCC1Sc1ccc(Br)c(C(=O)O)c1. The molecule has 0 heterocycles. The van der Waals surface area contributed by atoms with Gasteiger partial charge in [-0.1, -0.05) is 26.2 Å². The first-order valence-corrected chi connectivity index (χ1v) is 8.48. The third-order valence-electron chi connectivity index (χ3n) is 3.82. The quantitative estimate of drug-likeness (QED) is 0.816. The molecule has 1 saturated carbocycles. The Bertz CT molecular complexity index is 461. The largest absolute Gasteiger partial charge is 0.478 e. The first-order chi connectivity index (χ1) is 9.11. The summed E-state index contributed by atoms with van der Waals surface area (Å²) in [5.74, 6) is -0.0966. The summed E-state index contributed by atoms with van der Waals surface area (Å²) in [5.41, 5.74) is 0.355. The molecule has 2 unspecified atom stereocenters. The number of carbonyl (C=O) groups is 1. The molecule has 1 N–H and O–H groups in total. The van der Waals surface area contributed by atoms with E-state index in [0.717, 1.165) is 10.8 Å². The van der Waals surface area contributed by atoms with Crippen molar-refractivity contribution in [3.63, 3.8) is 0 Å². The molecule has 1 aliphatic carbocycles. The molecular weight excluding hydrogens is 324 g/mol. The van der Waals surface area contributed by atoms with Gasteiger partial charge in [-0.3, -0.25) is 0 Å². The van der Waals surface area contributed by atoms with Crippen LogP contribution in [-0.4, -0.2) is 16.3 Å². The maximum Gasteiger partial charge on any atom is 0.336 e. The topological polar surface area (TPSA) is 37.3 Å². The summed E-state index contributed by atoms with van der Waals surface area (Å²) in [4.78, 5) is 12.2. The minimum absolute atomic E-state index is 0.355. The zero-order chi connectivity index (χ0) is 13.8. The van der Waals surface area contributed by atoms with E-state index >= 15 is 0 Å². The van der Waals surface area contributed by atoms with Crippen molar-refractivity contribution in [2.45, 2.75) is 49.2 Å². The average molecular weight is 343 g/mol. The van der Waals surface area contributed by atoms with Crippen LogP contribution in [0.5, 0.6) is 0 Å². The maximum atomic E-state index is 11.1. The number of hydrogen-bond donors (Lipinski definition) is 1. The Hall–Kier alpha value is -0.480. The van der Waals surface area contributed by atoms with Gasteiger partial charge in [0.1, 0.15) is 0 Å². The molecule has 0 bridgehead atoms. The number of rotatable bonds is 4. The monoisotopic (exact) mass is 342 g/mol. The minimum Gasteiger partial charge on any atom is -0.478 e. The number of carboxylic acid groups (broad SMARTS) is 1. The van der Waals surface area contributed by atoms with Crippen molar-refractivity contribution in [3.8, 4) is 0 Å². The van der Waals surface area contributed by atoms with Crippen LogP contribution in [0.3, 0.4) is 0 Å². The van der Waals surface area contributed by atoms with Gasteiger partial charge in [-0.2, -0.15) is 0 Å². The molecule has 2 rings (SSSR count). The lowest BCUT2D eigenvalue weighted by Crippen LogP contribution is -2.21. The second-order valence-electron chi connectivity index (χ2n) is 5.06. The highest BCUT2D eigenvalue weighted by Crippen LogP contribution is 2.39. The van der Waals surface area contributed by atoms with E-state index in [0.29, 0.717) is 15.3 Å². The van der Waals surface area contributed by atoms with Crippen LogP contribution in [0.15, 0.2) is 27.6 Å². The normalized spacial score (nSPS) is 23.3. The molecule has 4 heteroatoms. The molecule has 1 fully saturated rings. The van der Waals surface area contributed by atoms with Gasteiger partial charge in [-0.25, -0.2) is 4.79 Å². The molecule has 0 saturated heterocycles. The Morgan fingerprint density at radius 3 is 2.84 bits per heavy atom. The molecule has 0 aliphatic heterocycles. The fourth-order valence-electron chi connectivity index (χ4n) is 2.71. The molecule has 2 atom stereocenters. The number of aromatic carboxylic acids is 1. The Kier molecular flexibility index (Phi) is 5.34. The van der Waals surface area contributed by atoms with Crippen LogP contribution in [0, 0.1) is 5.92 Å². The second kappa shape index (κ2) is 6.80. The Balaban J connectivity index is 2.14. The van der Waals surface area contributed by atoms with Gasteiger partial charge in [-0.05, 0) is 52.9 Å². The predicted octanol–water partition coefficient (Wildman–Crippen LogP) is 5.21. The smallest absolute Gasteiger partial charge is 0.336 e. The molecular formula is C15H19BrO2S. The number of thioether (sulfide) groups is 1. The minimum atomic E-state index is -0.870. The predicted molar refractivity (Wildman–Crippen MR) is 83.0 cm³/mol. The van der Waals surface area contributed by atoms with Gasteiger partial charge in [0.15, 0.2) is 0 Å². The van der Waals surface area contributed by atoms with Crippen molar-refractivity contribution < 1.29 is 9.90 Å². The lowest BCUT2D eigenvalue weighted by atomic mass is 9.87. The molecule has 1 aromatic rings. The van der Waals surface area contributed by atoms with E-state index < -0.39 is 5.97 Å². The van der Waals surface area contributed by atoms with Crippen molar-refractivity contribution in [2.75, 3.05) is 0 Å². The molecule has 2 nitrogen and oxygen atoms in total. The summed E-state index contributed by atoms with van der Waals surface area (Å²) in [6.07, 6.45) is 6.44. The van der Waals surface area contributed by atoms with Crippen LogP contribution < -0.4 is 0 Å². The van der Waals surface area contributed by atoms with Crippen LogP contribution in [0.25, 0.3) is 0 Å². The van der Waals surface area contributed by atoms with E-state index in [4.69, 9.17) is 5.11 Å². The lowest BCUT2D eigenvalue weighted by molar-refractivity contribution is 0.0695. The van der Waals surface area contributed by atoms with Crippen molar-refractivity contribution in [1.29, 1.82) is 0 Å². The van der Waals surface area contributed by atoms with Crippen LogP contribution in [0.4, 0.5) is 0 Å². The van der Waals surface area contributed by atoms with Gasteiger partial charge in [0.2, 0.25) is 0 Å². The number of benzene rings is 1. The highest BCUT2D eigenvalue weighted by atomic mass is 79.9. The molecule has 0 radical (unpaired) electrons. The first-order valence-electron chi connectivity index (χ1n) is 6.81. The Morgan fingerprint density at radius 1 is 1.42 bits per heavy atom. The van der Waals surface area contributed by atoms with E-state index in [1.807, 2.05) is 23.9 Å². The van der Waals surface area contributed by atoms with Gasteiger partial charge >= 0.3 is 5.97 Å². The molecule has 1 aromatic carbocycles. The third kappa shape index (κ3) is 3.76. The van der Waals surface area contributed by atoms with Gasteiger partial charge in [-0.15, -0.1) is 11.8 Å².